The molecule has 80 valence electrons. The molecular formula is C9H10ClN3OS. The molecular weight excluding hydrogens is 234 g/mol. The molecule has 1 aromatic heterocycles. The SMILES string of the molecule is CC(=O)SCC=Cc1cnc(N)c(Cl)n1. The summed E-state index contributed by atoms with van der Waals surface area (Å²) in [5.74, 6) is 0.825. The second-order valence-corrected chi connectivity index (χ2v) is 4.23. The maximum absolute atomic E-state index is 10.6. The van der Waals surface area contributed by atoms with Gasteiger partial charge in [0.25, 0.3) is 0 Å². The van der Waals surface area contributed by atoms with Crippen molar-refractivity contribution in [3.05, 3.63) is 23.1 Å². The number of halogens is 1. The van der Waals surface area contributed by atoms with Crippen LogP contribution in [0.2, 0.25) is 5.15 Å². The van der Waals surface area contributed by atoms with Gasteiger partial charge in [0.1, 0.15) is 0 Å². The van der Waals surface area contributed by atoms with E-state index in [0.717, 1.165) is 0 Å². The van der Waals surface area contributed by atoms with E-state index in [2.05, 4.69) is 9.97 Å². The summed E-state index contributed by atoms with van der Waals surface area (Å²) in [6.07, 6.45) is 5.09. The summed E-state index contributed by atoms with van der Waals surface area (Å²) in [7, 11) is 0. The van der Waals surface area contributed by atoms with Crippen molar-refractivity contribution in [2.75, 3.05) is 11.5 Å². The summed E-state index contributed by atoms with van der Waals surface area (Å²) < 4.78 is 0. The van der Waals surface area contributed by atoms with Crippen molar-refractivity contribution in [1.29, 1.82) is 0 Å². The van der Waals surface area contributed by atoms with Crippen LogP contribution in [0.1, 0.15) is 12.6 Å². The lowest BCUT2D eigenvalue weighted by Gasteiger charge is -1.96. The van der Waals surface area contributed by atoms with Crippen molar-refractivity contribution in [2.24, 2.45) is 0 Å². The van der Waals surface area contributed by atoms with Gasteiger partial charge in [-0.15, -0.1) is 0 Å². The molecule has 1 heterocycles. The number of carbonyl (C=O) groups is 1. The number of nitrogens with zero attached hydrogens (tertiary/aromatic N) is 2. The summed E-state index contributed by atoms with van der Waals surface area (Å²) in [5, 5.41) is 0.275. The van der Waals surface area contributed by atoms with Crippen LogP contribution < -0.4 is 5.73 Å². The molecule has 0 aliphatic carbocycles. The van der Waals surface area contributed by atoms with Crippen molar-refractivity contribution in [3.63, 3.8) is 0 Å². The number of anilines is 1. The largest absolute Gasteiger partial charge is 0.381 e. The Morgan fingerprint density at radius 3 is 3.07 bits per heavy atom. The van der Waals surface area contributed by atoms with Gasteiger partial charge in [-0.3, -0.25) is 4.79 Å². The molecule has 4 nitrogen and oxygen atoms in total. The second kappa shape index (κ2) is 5.72. The van der Waals surface area contributed by atoms with Gasteiger partial charge >= 0.3 is 0 Å². The topological polar surface area (TPSA) is 68.9 Å². The highest BCUT2D eigenvalue weighted by Crippen LogP contribution is 2.13. The molecule has 0 atom stereocenters. The average molecular weight is 244 g/mol. The molecule has 15 heavy (non-hydrogen) atoms. The molecule has 0 unspecified atom stereocenters. The zero-order valence-corrected chi connectivity index (χ0v) is 9.68. The summed E-state index contributed by atoms with van der Waals surface area (Å²) in [4.78, 5) is 18.5. The first-order valence-electron chi connectivity index (χ1n) is 4.17. The minimum Gasteiger partial charge on any atom is -0.381 e. The van der Waals surface area contributed by atoms with Crippen LogP contribution in [0.4, 0.5) is 5.82 Å². The summed E-state index contributed by atoms with van der Waals surface area (Å²) in [5.41, 5.74) is 6.03. The Balaban J connectivity index is 2.57. The van der Waals surface area contributed by atoms with Crippen LogP contribution in [0, 0.1) is 0 Å². The number of nitrogens with two attached hydrogens (primary N) is 1. The van der Waals surface area contributed by atoms with E-state index >= 15 is 0 Å². The number of hydrogen-bond acceptors (Lipinski definition) is 5. The van der Waals surface area contributed by atoms with Gasteiger partial charge in [0.05, 0.1) is 11.9 Å². The van der Waals surface area contributed by atoms with Crippen LogP contribution in [0.3, 0.4) is 0 Å². The van der Waals surface area contributed by atoms with Gasteiger partial charge in [0.15, 0.2) is 16.1 Å². The summed E-state index contributed by atoms with van der Waals surface area (Å²) in [6.45, 7) is 1.53. The van der Waals surface area contributed by atoms with Gasteiger partial charge in [-0.25, -0.2) is 9.97 Å². The Bertz CT molecular complexity index is 395. The number of hydrogen-bond donors (Lipinski definition) is 1. The molecule has 1 aromatic rings. The fraction of sp³-hybridized carbons (Fsp3) is 0.222. The predicted molar refractivity (Wildman–Crippen MR) is 63.6 cm³/mol. The molecule has 2 N–H and O–H groups in total. The molecule has 0 radical (unpaired) electrons. The molecule has 0 aliphatic rings. The molecule has 0 saturated carbocycles. The lowest BCUT2D eigenvalue weighted by Crippen LogP contribution is -1.94. The Labute approximate surface area is 96.9 Å². The van der Waals surface area contributed by atoms with E-state index in [0.29, 0.717) is 11.4 Å². The molecule has 0 aromatic carbocycles. The van der Waals surface area contributed by atoms with Crippen molar-refractivity contribution < 1.29 is 4.79 Å². The van der Waals surface area contributed by atoms with Crippen LogP contribution in [-0.4, -0.2) is 20.8 Å². The molecule has 0 fully saturated rings. The number of aromatic nitrogens is 2. The monoisotopic (exact) mass is 243 g/mol. The second-order valence-electron chi connectivity index (χ2n) is 2.68. The van der Waals surface area contributed by atoms with E-state index in [9.17, 15) is 4.79 Å². The fourth-order valence-electron chi connectivity index (χ4n) is 0.803. The van der Waals surface area contributed by atoms with Crippen molar-refractivity contribution in [3.8, 4) is 0 Å². The van der Waals surface area contributed by atoms with Crippen LogP contribution in [0.5, 0.6) is 0 Å². The van der Waals surface area contributed by atoms with Crippen LogP contribution in [-0.2, 0) is 4.79 Å². The highest BCUT2D eigenvalue weighted by Gasteiger charge is 1.98. The lowest BCUT2D eigenvalue weighted by atomic mass is 10.4. The first-order chi connectivity index (χ1) is 7.09. The highest BCUT2D eigenvalue weighted by molar-refractivity contribution is 8.13. The minimum absolute atomic E-state index is 0.0843. The zero-order valence-electron chi connectivity index (χ0n) is 8.11. The minimum atomic E-state index is 0.0843. The summed E-state index contributed by atoms with van der Waals surface area (Å²) in [6, 6.07) is 0. The highest BCUT2D eigenvalue weighted by atomic mass is 35.5. The molecule has 0 bridgehead atoms. The van der Waals surface area contributed by atoms with E-state index in [1.807, 2.05) is 6.08 Å². The Hall–Kier alpha value is -1.07. The van der Waals surface area contributed by atoms with Gasteiger partial charge in [-0.2, -0.15) is 0 Å². The third kappa shape index (κ3) is 4.31. The maximum Gasteiger partial charge on any atom is 0.186 e. The third-order valence-corrected chi connectivity index (χ3v) is 2.49. The molecule has 0 aliphatic heterocycles. The van der Waals surface area contributed by atoms with E-state index in [1.54, 1.807) is 6.08 Å². The lowest BCUT2D eigenvalue weighted by molar-refractivity contribution is -0.109. The van der Waals surface area contributed by atoms with Gasteiger partial charge < -0.3 is 5.73 Å². The Morgan fingerprint density at radius 1 is 1.73 bits per heavy atom. The van der Waals surface area contributed by atoms with Gasteiger partial charge in [-0.1, -0.05) is 29.4 Å². The van der Waals surface area contributed by atoms with Crippen molar-refractivity contribution in [1.82, 2.24) is 9.97 Å². The normalized spacial score (nSPS) is 10.8. The van der Waals surface area contributed by atoms with Gasteiger partial charge in [-0.05, 0) is 6.08 Å². The Kier molecular flexibility index (Phi) is 4.58. The number of carbonyl (C=O) groups excluding carboxylic acids is 1. The van der Waals surface area contributed by atoms with Gasteiger partial charge in [0.2, 0.25) is 0 Å². The first-order valence-corrected chi connectivity index (χ1v) is 5.54. The first kappa shape index (κ1) is 12.0. The third-order valence-electron chi connectivity index (χ3n) is 1.45. The molecule has 0 amide bonds. The van der Waals surface area contributed by atoms with E-state index in [4.69, 9.17) is 17.3 Å². The van der Waals surface area contributed by atoms with Crippen molar-refractivity contribution >= 4 is 40.4 Å². The van der Waals surface area contributed by atoms with Crippen LogP contribution >= 0.6 is 23.4 Å². The average Bonchev–Trinajstić information content (AvgIpc) is 2.18. The van der Waals surface area contributed by atoms with E-state index in [1.165, 1.54) is 24.9 Å². The zero-order chi connectivity index (χ0) is 11.3. The molecule has 0 spiro atoms. The number of nitrogen functional groups attached to an aromatic ring is 1. The van der Waals surface area contributed by atoms with Crippen molar-refractivity contribution in [2.45, 2.75) is 6.92 Å². The van der Waals surface area contributed by atoms with Gasteiger partial charge in [0, 0.05) is 12.7 Å². The maximum atomic E-state index is 10.6. The molecule has 0 saturated heterocycles. The van der Waals surface area contributed by atoms with Crippen LogP contribution in [0.15, 0.2) is 12.3 Å². The molecule has 6 heteroatoms. The standard InChI is InChI=1S/C9H10ClN3OS/c1-6(14)15-4-2-3-7-5-12-9(11)8(10)13-7/h2-3,5H,4H2,1H3,(H2,11,12). The van der Waals surface area contributed by atoms with Crippen LogP contribution in [0.25, 0.3) is 6.08 Å². The molecule has 1 rings (SSSR count). The Morgan fingerprint density at radius 2 is 2.47 bits per heavy atom. The predicted octanol–water partition coefficient (Wildman–Crippen LogP) is 2.01. The van der Waals surface area contributed by atoms with E-state index < -0.39 is 0 Å². The summed E-state index contributed by atoms with van der Waals surface area (Å²) >= 11 is 6.91. The fourth-order valence-corrected chi connectivity index (χ4v) is 1.38. The number of rotatable bonds is 3. The number of thioether (sulfide) groups is 1. The smallest absolute Gasteiger partial charge is 0.186 e. The quantitative estimate of drug-likeness (QED) is 0.880. The van der Waals surface area contributed by atoms with E-state index in [-0.39, 0.29) is 16.1 Å².